The predicted molar refractivity (Wildman–Crippen MR) is 143 cm³/mol. The van der Waals surface area contributed by atoms with Gasteiger partial charge in [-0.2, -0.15) is 0 Å². The van der Waals surface area contributed by atoms with Gasteiger partial charge < -0.3 is 25.0 Å². The molecule has 0 radical (unpaired) electrons. The van der Waals surface area contributed by atoms with Crippen LogP contribution >= 0.6 is 24.0 Å². The first-order valence-electron chi connectivity index (χ1n) is 11.1. The third-order valence-corrected chi connectivity index (χ3v) is 5.54. The molecule has 1 aliphatic heterocycles. The van der Waals surface area contributed by atoms with E-state index in [1.807, 2.05) is 54.3 Å². The molecule has 1 saturated heterocycles. The second-order valence-corrected chi connectivity index (χ2v) is 8.06. The highest BCUT2D eigenvalue weighted by molar-refractivity contribution is 14.0. The van der Waals surface area contributed by atoms with Gasteiger partial charge in [0.1, 0.15) is 6.10 Å². The number of ether oxygens (including phenoxy) is 2. The number of aliphatic imine (C=N–C) groups is 1. The molecule has 2 aromatic rings. The Labute approximate surface area is 214 Å². The number of nitrogens with zero attached hydrogens (tertiary/aromatic N) is 2. The standard InChI is InChI=1S/C25H34N4O3.HI/c1-19(32-23-12-8-7-11-22(23)31-3)16-27-25(26-2)28-17-21-15-24(30)29(18-21)14-13-20-9-5-4-6-10-20;/h4-12,19,21H,13-18H2,1-3H3,(H2,26,27,28);1H. The number of halogens is 1. The topological polar surface area (TPSA) is 75.2 Å². The highest BCUT2D eigenvalue weighted by Crippen LogP contribution is 2.26. The molecule has 3 rings (SSSR count). The van der Waals surface area contributed by atoms with Gasteiger partial charge in [0.15, 0.2) is 17.5 Å². The quantitative estimate of drug-likeness (QED) is 0.262. The van der Waals surface area contributed by atoms with Crippen LogP contribution < -0.4 is 20.1 Å². The fourth-order valence-corrected chi connectivity index (χ4v) is 3.79. The first kappa shape index (κ1) is 26.8. The molecule has 33 heavy (non-hydrogen) atoms. The van der Waals surface area contributed by atoms with Gasteiger partial charge in [0, 0.05) is 39.0 Å². The number of likely N-dealkylation sites (tertiary alicyclic amines) is 1. The maximum atomic E-state index is 12.4. The van der Waals surface area contributed by atoms with Gasteiger partial charge in [-0.05, 0) is 31.0 Å². The highest BCUT2D eigenvalue weighted by atomic mass is 127. The third-order valence-electron chi connectivity index (χ3n) is 5.54. The van der Waals surface area contributed by atoms with Crippen LogP contribution in [-0.4, -0.2) is 63.2 Å². The number of carbonyl (C=O) groups is 1. The summed E-state index contributed by atoms with van der Waals surface area (Å²) in [4.78, 5) is 18.6. The number of benzene rings is 2. The molecule has 2 aromatic carbocycles. The number of hydrogen-bond donors (Lipinski definition) is 2. The number of rotatable bonds is 10. The lowest BCUT2D eigenvalue weighted by Gasteiger charge is -2.20. The van der Waals surface area contributed by atoms with E-state index in [1.54, 1.807) is 14.2 Å². The predicted octanol–water partition coefficient (Wildman–Crippen LogP) is 3.34. The van der Waals surface area contributed by atoms with Crippen LogP contribution in [0.1, 0.15) is 18.9 Å². The van der Waals surface area contributed by atoms with Crippen molar-refractivity contribution in [3.63, 3.8) is 0 Å². The molecule has 2 N–H and O–H groups in total. The van der Waals surface area contributed by atoms with E-state index in [-0.39, 0.29) is 41.9 Å². The number of methoxy groups -OCH3 is 1. The molecule has 0 saturated carbocycles. The summed E-state index contributed by atoms with van der Waals surface area (Å²) in [6.45, 7) is 4.83. The van der Waals surface area contributed by atoms with E-state index < -0.39 is 0 Å². The molecule has 1 fully saturated rings. The number of nitrogens with one attached hydrogen (secondary N) is 2. The van der Waals surface area contributed by atoms with Gasteiger partial charge in [-0.25, -0.2) is 0 Å². The maximum Gasteiger partial charge on any atom is 0.223 e. The van der Waals surface area contributed by atoms with Crippen LogP contribution in [0.25, 0.3) is 0 Å². The zero-order chi connectivity index (χ0) is 22.8. The second-order valence-electron chi connectivity index (χ2n) is 8.06. The second kappa shape index (κ2) is 13.9. The largest absolute Gasteiger partial charge is 0.493 e. The van der Waals surface area contributed by atoms with Crippen LogP contribution in [0.4, 0.5) is 0 Å². The maximum absolute atomic E-state index is 12.4. The number of hydrogen-bond acceptors (Lipinski definition) is 4. The molecular formula is C25H35IN4O3. The molecule has 2 atom stereocenters. The van der Waals surface area contributed by atoms with Crippen molar-refractivity contribution in [3.05, 3.63) is 60.2 Å². The van der Waals surface area contributed by atoms with Crippen LogP contribution in [0.5, 0.6) is 11.5 Å². The van der Waals surface area contributed by atoms with Crippen molar-refractivity contribution in [2.45, 2.75) is 25.9 Å². The van der Waals surface area contributed by atoms with Crippen molar-refractivity contribution in [2.75, 3.05) is 40.3 Å². The third kappa shape index (κ3) is 8.42. The molecular weight excluding hydrogens is 531 g/mol. The number of amides is 1. The van der Waals surface area contributed by atoms with Gasteiger partial charge in [-0.3, -0.25) is 9.79 Å². The van der Waals surface area contributed by atoms with Gasteiger partial charge in [0.25, 0.3) is 0 Å². The lowest BCUT2D eigenvalue weighted by Crippen LogP contribution is -2.43. The Morgan fingerprint density at radius 1 is 1.12 bits per heavy atom. The van der Waals surface area contributed by atoms with Crippen molar-refractivity contribution in [2.24, 2.45) is 10.9 Å². The Bertz CT molecular complexity index is 894. The summed E-state index contributed by atoms with van der Waals surface area (Å²) in [5.41, 5.74) is 1.26. The van der Waals surface area contributed by atoms with Crippen LogP contribution in [0.3, 0.4) is 0 Å². The van der Waals surface area contributed by atoms with E-state index in [0.29, 0.717) is 37.0 Å². The summed E-state index contributed by atoms with van der Waals surface area (Å²) in [5.74, 6) is 2.64. The van der Waals surface area contributed by atoms with Crippen molar-refractivity contribution >= 4 is 35.8 Å². The number of para-hydroxylation sites is 2. The fourth-order valence-electron chi connectivity index (χ4n) is 3.79. The Morgan fingerprint density at radius 2 is 1.82 bits per heavy atom. The molecule has 1 aliphatic rings. The summed E-state index contributed by atoms with van der Waals surface area (Å²) in [5, 5.41) is 6.64. The van der Waals surface area contributed by atoms with Crippen molar-refractivity contribution < 1.29 is 14.3 Å². The summed E-state index contributed by atoms with van der Waals surface area (Å²) in [6.07, 6.45) is 1.39. The van der Waals surface area contributed by atoms with Gasteiger partial charge in [-0.15, -0.1) is 24.0 Å². The van der Waals surface area contributed by atoms with Crippen LogP contribution in [-0.2, 0) is 11.2 Å². The minimum Gasteiger partial charge on any atom is -0.493 e. The minimum absolute atomic E-state index is 0. The lowest BCUT2D eigenvalue weighted by molar-refractivity contribution is -0.127. The van der Waals surface area contributed by atoms with Crippen molar-refractivity contribution in [3.8, 4) is 11.5 Å². The molecule has 1 heterocycles. The van der Waals surface area contributed by atoms with Crippen LogP contribution in [0.2, 0.25) is 0 Å². The van der Waals surface area contributed by atoms with E-state index >= 15 is 0 Å². The molecule has 7 nitrogen and oxygen atoms in total. The van der Waals surface area contributed by atoms with Gasteiger partial charge >= 0.3 is 0 Å². The smallest absolute Gasteiger partial charge is 0.223 e. The monoisotopic (exact) mass is 566 g/mol. The Morgan fingerprint density at radius 3 is 2.52 bits per heavy atom. The van der Waals surface area contributed by atoms with Crippen molar-refractivity contribution in [1.29, 1.82) is 0 Å². The lowest BCUT2D eigenvalue weighted by atomic mass is 10.1. The molecule has 0 spiro atoms. The van der Waals surface area contributed by atoms with E-state index in [1.165, 1.54) is 5.56 Å². The molecule has 180 valence electrons. The Kier molecular flexibility index (Phi) is 11.3. The van der Waals surface area contributed by atoms with E-state index in [0.717, 1.165) is 19.5 Å². The van der Waals surface area contributed by atoms with E-state index in [2.05, 4.69) is 27.8 Å². The van der Waals surface area contributed by atoms with Gasteiger partial charge in [0.2, 0.25) is 5.91 Å². The summed E-state index contributed by atoms with van der Waals surface area (Å²) < 4.78 is 11.3. The molecule has 2 unspecified atom stereocenters. The molecule has 0 aromatic heterocycles. The number of carbonyl (C=O) groups excluding carboxylic acids is 1. The first-order valence-corrected chi connectivity index (χ1v) is 11.1. The molecule has 8 heteroatoms. The van der Waals surface area contributed by atoms with Gasteiger partial charge in [0.05, 0.1) is 13.7 Å². The average molecular weight is 566 g/mol. The summed E-state index contributed by atoms with van der Waals surface area (Å²) in [7, 11) is 3.38. The first-order chi connectivity index (χ1) is 15.6. The molecule has 0 bridgehead atoms. The normalized spacial score (nSPS) is 16.7. The SMILES string of the molecule is CN=C(NCC1CC(=O)N(CCc2ccccc2)C1)NCC(C)Oc1ccccc1OC.I. The summed E-state index contributed by atoms with van der Waals surface area (Å²) in [6, 6.07) is 17.9. The van der Waals surface area contributed by atoms with Gasteiger partial charge in [-0.1, -0.05) is 42.5 Å². The highest BCUT2D eigenvalue weighted by Gasteiger charge is 2.29. The van der Waals surface area contributed by atoms with E-state index in [4.69, 9.17) is 9.47 Å². The van der Waals surface area contributed by atoms with Crippen molar-refractivity contribution in [1.82, 2.24) is 15.5 Å². The molecule has 1 amide bonds. The zero-order valence-corrected chi connectivity index (χ0v) is 22.0. The van der Waals surface area contributed by atoms with Crippen LogP contribution in [0.15, 0.2) is 59.6 Å². The average Bonchev–Trinajstić information content (AvgIpc) is 3.18. The molecule has 0 aliphatic carbocycles. The number of guanidine groups is 1. The zero-order valence-electron chi connectivity index (χ0n) is 19.6. The van der Waals surface area contributed by atoms with E-state index in [9.17, 15) is 4.79 Å². The van der Waals surface area contributed by atoms with Crippen LogP contribution in [0, 0.1) is 5.92 Å². The fraction of sp³-hybridized carbons (Fsp3) is 0.440. The summed E-state index contributed by atoms with van der Waals surface area (Å²) >= 11 is 0. The Balaban J connectivity index is 0.00000385. The minimum atomic E-state index is -0.0774. The Hall–Kier alpha value is -2.49.